The van der Waals surface area contributed by atoms with Crippen LogP contribution in [0.4, 0.5) is 15.9 Å². The first kappa shape index (κ1) is 39.8. The second-order valence-electron chi connectivity index (χ2n) is 16.1. The van der Waals surface area contributed by atoms with Crippen LogP contribution < -0.4 is 16.0 Å². The van der Waals surface area contributed by atoms with Gasteiger partial charge in [0.25, 0.3) is 0 Å². The van der Waals surface area contributed by atoms with Crippen LogP contribution in [0.5, 0.6) is 5.75 Å². The van der Waals surface area contributed by atoms with Crippen LogP contribution in [0.25, 0.3) is 21.7 Å². The molecule has 2 aliphatic heterocycles. The Balaban J connectivity index is 1.06. The highest BCUT2D eigenvalue weighted by atomic mass is 32.1. The van der Waals surface area contributed by atoms with Gasteiger partial charge in [-0.15, -0.1) is 21.5 Å². The van der Waals surface area contributed by atoms with Crippen LogP contribution in [0.3, 0.4) is 0 Å². The number of anilines is 2. The predicted molar refractivity (Wildman–Crippen MR) is 215 cm³/mol. The van der Waals surface area contributed by atoms with Crippen molar-refractivity contribution in [1.82, 2.24) is 25.4 Å². The van der Waals surface area contributed by atoms with Gasteiger partial charge in [-0.3, -0.25) is 9.59 Å². The average Bonchev–Trinajstić information content (AvgIpc) is 3.76. The van der Waals surface area contributed by atoms with Gasteiger partial charge in [-0.25, -0.2) is 9.37 Å². The van der Waals surface area contributed by atoms with Gasteiger partial charge < -0.3 is 31.1 Å². The lowest BCUT2D eigenvalue weighted by Crippen LogP contribution is -2.47. The van der Waals surface area contributed by atoms with E-state index >= 15 is 0 Å². The Kier molecular flexibility index (Phi) is 11.9. The fraction of sp³-hybridized carbons (Fsp3) is 0.452. The highest BCUT2D eigenvalue weighted by Crippen LogP contribution is 2.38. The molecule has 0 saturated carbocycles. The Morgan fingerprint density at radius 3 is 2.47 bits per heavy atom. The number of Topliss-reactive ketones (excluding diaryl/α,β-unsaturated/α-hetero) is 1. The number of carbonyl (C=O) groups excluding carboxylic acids is 2. The molecule has 6 rings (SSSR count). The number of aromatic nitrogens is 3. The SMILES string of the molecule is C=C(N[C@@H](C)c1ccc(-c2scnc2C)cc1)[C@@H]1C[C@@H](O)CN1C(=O)[C@@H](CC(=O)CC1CCN(c2cc(-c3cc(F)ccc3O)nnc2N)CC1)C(C)(C)C. The number of nitrogens with two attached hydrogens (primary N) is 1. The van der Waals surface area contributed by atoms with Gasteiger partial charge in [0, 0.05) is 62.1 Å². The molecule has 2 aliphatic rings. The number of ketones is 1. The number of phenols is 1. The Morgan fingerprint density at radius 2 is 1.82 bits per heavy atom. The first-order valence-electron chi connectivity index (χ1n) is 18.9. The number of aliphatic hydroxyl groups excluding tert-OH is 1. The third kappa shape index (κ3) is 9.16. The van der Waals surface area contributed by atoms with Crippen LogP contribution in [0.2, 0.25) is 0 Å². The largest absolute Gasteiger partial charge is 0.507 e. The molecule has 4 aromatic rings. The van der Waals surface area contributed by atoms with Crippen molar-refractivity contribution in [2.75, 3.05) is 30.3 Å². The highest BCUT2D eigenvalue weighted by molar-refractivity contribution is 7.13. The molecular weight excluding hydrogens is 718 g/mol. The van der Waals surface area contributed by atoms with Gasteiger partial charge in [-0.05, 0) is 73.4 Å². The summed E-state index contributed by atoms with van der Waals surface area (Å²) in [7, 11) is 0. The molecule has 292 valence electrons. The Bertz CT molecular complexity index is 2020. The number of thiazole rings is 1. The fourth-order valence-corrected chi connectivity index (χ4v) is 8.62. The maximum absolute atomic E-state index is 14.3. The number of phenolic OH excluding ortho intramolecular Hbond substituents is 1. The number of carbonyl (C=O) groups is 2. The number of hydrogen-bond acceptors (Lipinski definition) is 11. The fourth-order valence-electron chi connectivity index (χ4n) is 7.81. The number of amides is 1. The summed E-state index contributed by atoms with van der Waals surface area (Å²) in [5, 5.41) is 32.7. The number of nitrogen functional groups attached to an aromatic ring is 1. The molecule has 2 aromatic carbocycles. The van der Waals surface area contributed by atoms with Crippen LogP contribution in [0.15, 0.2) is 66.3 Å². The normalized spacial score (nSPS) is 19.0. The van der Waals surface area contributed by atoms with E-state index in [1.165, 1.54) is 18.2 Å². The molecule has 0 radical (unpaired) electrons. The highest BCUT2D eigenvalue weighted by Gasteiger charge is 2.43. The van der Waals surface area contributed by atoms with Gasteiger partial charge in [0.15, 0.2) is 5.82 Å². The summed E-state index contributed by atoms with van der Waals surface area (Å²) in [6, 6.07) is 13.2. The van der Waals surface area contributed by atoms with E-state index in [0.29, 0.717) is 43.0 Å². The van der Waals surface area contributed by atoms with Gasteiger partial charge >= 0.3 is 0 Å². The number of halogens is 1. The molecule has 0 unspecified atom stereocenters. The number of likely N-dealkylation sites (tertiary alicyclic amines) is 1. The zero-order valence-electron chi connectivity index (χ0n) is 32.3. The van der Waals surface area contributed by atoms with Gasteiger partial charge in [-0.2, -0.15) is 0 Å². The van der Waals surface area contributed by atoms with E-state index in [0.717, 1.165) is 34.5 Å². The molecule has 2 aromatic heterocycles. The lowest BCUT2D eigenvalue weighted by Gasteiger charge is -2.37. The van der Waals surface area contributed by atoms with Crippen LogP contribution in [-0.2, 0) is 9.59 Å². The molecule has 11 nitrogen and oxygen atoms in total. The maximum Gasteiger partial charge on any atom is 0.227 e. The molecule has 0 bridgehead atoms. The number of hydrogen-bond donors (Lipinski definition) is 4. The minimum atomic E-state index is -0.688. The van der Waals surface area contributed by atoms with Crippen LogP contribution in [0, 0.1) is 30.0 Å². The van der Waals surface area contributed by atoms with Crippen molar-refractivity contribution in [1.29, 1.82) is 0 Å². The van der Waals surface area contributed by atoms with Gasteiger partial charge in [0.1, 0.15) is 17.3 Å². The van der Waals surface area contributed by atoms with Crippen molar-refractivity contribution in [2.24, 2.45) is 17.3 Å². The summed E-state index contributed by atoms with van der Waals surface area (Å²) in [5.74, 6) is -0.911. The summed E-state index contributed by atoms with van der Waals surface area (Å²) in [5.41, 5.74) is 12.6. The van der Waals surface area contributed by atoms with Crippen LogP contribution in [0.1, 0.15) is 77.1 Å². The predicted octanol–water partition coefficient (Wildman–Crippen LogP) is 7.06. The Labute approximate surface area is 326 Å². The van der Waals surface area contributed by atoms with E-state index in [1.54, 1.807) is 22.3 Å². The smallest absolute Gasteiger partial charge is 0.227 e. The number of nitrogens with zero attached hydrogens (tertiary/aromatic N) is 5. The van der Waals surface area contributed by atoms with Crippen molar-refractivity contribution in [3.05, 3.63) is 83.4 Å². The van der Waals surface area contributed by atoms with Crippen LogP contribution >= 0.6 is 11.3 Å². The number of benzene rings is 2. The summed E-state index contributed by atoms with van der Waals surface area (Å²) in [4.78, 5) is 37.3. The monoisotopic (exact) mass is 769 g/mol. The van der Waals surface area contributed by atoms with Crippen molar-refractivity contribution in [3.63, 3.8) is 0 Å². The summed E-state index contributed by atoms with van der Waals surface area (Å²) in [6.07, 6.45) is 1.64. The molecule has 1 amide bonds. The molecule has 5 N–H and O–H groups in total. The molecule has 13 heteroatoms. The minimum absolute atomic E-state index is 0.0412. The third-order valence-electron chi connectivity index (χ3n) is 11.1. The average molecular weight is 770 g/mol. The van der Waals surface area contributed by atoms with E-state index < -0.39 is 29.3 Å². The quantitative estimate of drug-likeness (QED) is 0.118. The lowest BCUT2D eigenvalue weighted by molar-refractivity contribution is -0.142. The number of aryl methyl sites for hydroxylation is 1. The number of nitrogens with one attached hydrogen (secondary N) is 1. The molecular formula is C42H52FN7O4S. The maximum atomic E-state index is 14.3. The summed E-state index contributed by atoms with van der Waals surface area (Å²) < 4.78 is 13.9. The molecule has 2 fully saturated rings. The first-order valence-corrected chi connectivity index (χ1v) is 19.8. The molecule has 4 atom stereocenters. The van der Waals surface area contributed by atoms with Gasteiger partial charge in [-0.1, -0.05) is 51.6 Å². The van der Waals surface area contributed by atoms with Gasteiger partial charge in [0.05, 0.1) is 39.6 Å². The molecule has 0 aliphatic carbocycles. The first-order chi connectivity index (χ1) is 26.1. The second kappa shape index (κ2) is 16.5. The second-order valence-corrected chi connectivity index (χ2v) is 17.0. The Hall–Kier alpha value is -4.88. The number of rotatable bonds is 12. The number of aromatic hydroxyl groups is 1. The molecule has 2 saturated heterocycles. The van der Waals surface area contributed by atoms with Crippen molar-refractivity contribution in [3.8, 4) is 27.4 Å². The topological polar surface area (TPSA) is 158 Å². The van der Waals surface area contributed by atoms with Crippen molar-refractivity contribution in [2.45, 2.75) is 84.9 Å². The van der Waals surface area contributed by atoms with Crippen molar-refractivity contribution >= 4 is 34.5 Å². The van der Waals surface area contributed by atoms with E-state index in [4.69, 9.17) is 5.73 Å². The summed E-state index contributed by atoms with van der Waals surface area (Å²) >= 11 is 1.62. The minimum Gasteiger partial charge on any atom is -0.507 e. The summed E-state index contributed by atoms with van der Waals surface area (Å²) in [6.45, 7) is 15.8. The van der Waals surface area contributed by atoms with E-state index in [1.807, 2.05) is 33.2 Å². The number of aliphatic hydroxyl groups is 1. The van der Waals surface area contributed by atoms with E-state index in [-0.39, 0.29) is 53.7 Å². The standard InChI is InChI=1S/C42H52FN7O4S/c1-24(28-7-9-29(10-8-28)39-26(3)45-23-55-39)46-25(2)36-20-32(52)22-50(36)41(54)34(42(4,5)6)19-31(51)17-27-13-15-49(16-14-27)37-21-35(47-48-40(37)44)33-18-30(43)11-12-38(33)53/h7-12,18,21,23-24,27,32,34,36,46,52-53H,2,13-17,19-20,22H2,1,3-6H3,(H2,44,48)/t24-,32+,34+,36-/m0/s1. The molecule has 55 heavy (non-hydrogen) atoms. The number of β-amino-alcohol motifs (C(OH)–C–C–N with tert-alkyl or cyclic N) is 1. The van der Waals surface area contributed by atoms with E-state index in [9.17, 15) is 24.2 Å². The van der Waals surface area contributed by atoms with Crippen molar-refractivity contribution < 1.29 is 24.2 Å². The number of piperidine rings is 1. The zero-order valence-corrected chi connectivity index (χ0v) is 33.1. The van der Waals surface area contributed by atoms with Gasteiger partial charge in [0.2, 0.25) is 5.91 Å². The van der Waals surface area contributed by atoms with E-state index in [2.05, 4.69) is 63.2 Å². The van der Waals surface area contributed by atoms with Crippen LogP contribution in [-0.4, -0.2) is 73.8 Å². The zero-order chi connectivity index (χ0) is 39.6. The molecule has 0 spiro atoms. The Morgan fingerprint density at radius 1 is 1.11 bits per heavy atom. The lowest BCUT2D eigenvalue weighted by atomic mass is 9.75. The molecule has 4 heterocycles. The third-order valence-corrected chi connectivity index (χ3v) is 12.0.